The summed E-state index contributed by atoms with van der Waals surface area (Å²) in [6.45, 7) is 1.29. The van der Waals surface area contributed by atoms with E-state index in [0.717, 1.165) is 44.5 Å². The molecule has 24 heavy (non-hydrogen) atoms. The van der Waals surface area contributed by atoms with Gasteiger partial charge in [0.1, 0.15) is 11.9 Å². The topological polar surface area (TPSA) is 59.6 Å². The highest BCUT2D eigenvalue weighted by Crippen LogP contribution is 2.39. The lowest BCUT2D eigenvalue weighted by Crippen LogP contribution is -2.51. The lowest BCUT2D eigenvalue weighted by atomic mass is 9.89. The first-order chi connectivity index (χ1) is 11.7. The summed E-state index contributed by atoms with van der Waals surface area (Å²) in [7, 11) is 0. The molecule has 0 bridgehead atoms. The van der Waals surface area contributed by atoms with Gasteiger partial charge in [0.15, 0.2) is 0 Å². The maximum atomic E-state index is 12.2. The molecule has 2 heterocycles. The molecule has 3 aliphatic rings. The number of carbonyl (C=O) groups excluding carboxylic acids is 1. The Labute approximate surface area is 143 Å². The van der Waals surface area contributed by atoms with E-state index >= 15 is 0 Å². The van der Waals surface area contributed by atoms with Crippen molar-refractivity contribution in [1.82, 2.24) is 10.6 Å². The molecular formula is C19H26N2O3. The van der Waals surface area contributed by atoms with Crippen LogP contribution in [0.15, 0.2) is 24.3 Å². The van der Waals surface area contributed by atoms with Gasteiger partial charge < -0.3 is 20.1 Å². The molecule has 1 aliphatic carbocycles. The Morgan fingerprint density at radius 3 is 2.92 bits per heavy atom. The summed E-state index contributed by atoms with van der Waals surface area (Å²) in [5.74, 6) is 0.942. The molecule has 2 fully saturated rings. The molecule has 2 amide bonds. The van der Waals surface area contributed by atoms with Gasteiger partial charge >= 0.3 is 6.03 Å². The Bertz CT molecular complexity index is 573. The molecule has 0 aromatic heterocycles. The Morgan fingerprint density at radius 2 is 2.08 bits per heavy atom. The molecule has 4 rings (SSSR count). The number of nitrogens with one attached hydrogen (secondary N) is 2. The average molecular weight is 330 g/mol. The first-order valence-electron chi connectivity index (χ1n) is 9.15. The van der Waals surface area contributed by atoms with Crippen molar-refractivity contribution in [3.05, 3.63) is 29.8 Å². The first kappa shape index (κ1) is 15.8. The van der Waals surface area contributed by atoms with E-state index in [1.165, 1.54) is 18.4 Å². The first-order valence-corrected chi connectivity index (χ1v) is 9.15. The van der Waals surface area contributed by atoms with Crippen LogP contribution in [0.25, 0.3) is 0 Å². The zero-order valence-corrected chi connectivity index (χ0v) is 14.1. The third-order valence-electron chi connectivity index (χ3n) is 5.55. The number of benzene rings is 1. The normalized spacial score (nSPS) is 27.5. The number of ether oxygens (including phenoxy) is 2. The largest absolute Gasteiger partial charge is 0.488 e. The number of fused-ring (bicyclic) bond motifs is 1. The second-order valence-electron chi connectivity index (χ2n) is 7.33. The van der Waals surface area contributed by atoms with Crippen molar-refractivity contribution in [1.29, 1.82) is 0 Å². The van der Waals surface area contributed by atoms with E-state index in [0.29, 0.717) is 6.54 Å². The summed E-state index contributed by atoms with van der Waals surface area (Å²) in [5, 5.41) is 6.10. The molecule has 1 saturated heterocycles. The van der Waals surface area contributed by atoms with Crippen molar-refractivity contribution in [3.63, 3.8) is 0 Å². The van der Waals surface area contributed by atoms with Crippen molar-refractivity contribution in [2.24, 2.45) is 0 Å². The molecule has 5 nitrogen and oxygen atoms in total. The number of urea groups is 1. The quantitative estimate of drug-likeness (QED) is 0.896. The van der Waals surface area contributed by atoms with Crippen molar-refractivity contribution < 1.29 is 14.3 Å². The van der Waals surface area contributed by atoms with Gasteiger partial charge in [-0.1, -0.05) is 31.0 Å². The summed E-state index contributed by atoms with van der Waals surface area (Å²) in [6, 6.07) is 8.20. The van der Waals surface area contributed by atoms with Gasteiger partial charge in [-0.25, -0.2) is 4.79 Å². The average Bonchev–Trinajstić information content (AvgIpc) is 3.19. The highest BCUT2D eigenvalue weighted by molar-refractivity contribution is 5.74. The smallest absolute Gasteiger partial charge is 0.315 e. The minimum Gasteiger partial charge on any atom is -0.488 e. The van der Waals surface area contributed by atoms with E-state index in [1.54, 1.807) is 0 Å². The summed E-state index contributed by atoms with van der Waals surface area (Å²) in [6.07, 6.45) is 7.52. The summed E-state index contributed by atoms with van der Waals surface area (Å²) >= 11 is 0. The third-order valence-corrected chi connectivity index (χ3v) is 5.55. The zero-order chi connectivity index (χ0) is 16.4. The van der Waals surface area contributed by atoms with Gasteiger partial charge in [-0.05, 0) is 37.3 Å². The molecule has 0 radical (unpaired) electrons. The summed E-state index contributed by atoms with van der Waals surface area (Å²) in [4.78, 5) is 12.2. The van der Waals surface area contributed by atoms with Crippen molar-refractivity contribution in [2.45, 2.75) is 62.7 Å². The minimum absolute atomic E-state index is 0.0315. The van der Waals surface area contributed by atoms with Crippen LogP contribution in [-0.2, 0) is 11.2 Å². The van der Waals surface area contributed by atoms with Gasteiger partial charge in [-0.15, -0.1) is 0 Å². The van der Waals surface area contributed by atoms with Gasteiger partial charge in [-0.3, -0.25) is 0 Å². The monoisotopic (exact) mass is 330 g/mol. The number of carbonyl (C=O) groups is 1. The van der Waals surface area contributed by atoms with Crippen molar-refractivity contribution in [3.8, 4) is 5.75 Å². The van der Waals surface area contributed by atoms with E-state index in [1.807, 2.05) is 18.2 Å². The fourth-order valence-corrected chi connectivity index (χ4v) is 4.33. The number of para-hydroxylation sites is 1. The van der Waals surface area contributed by atoms with Gasteiger partial charge in [-0.2, -0.15) is 0 Å². The molecule has 2 aliphatic heterocycles. The van der Waals surface area contributed by atoms with Gasteiger partial charge in [0.25, 0.3) is 0 Å². The molecule has 1 saturated carbocycles. The maximum absolute atomic E-state index is 12.2. The van der Waals surface area contributed by atoms with Crippen LogP contribution in [0.3, 0.4) is 0 Å². The van der Waals surface area contributed by atoms with Crippen molar-refractivity contribution in [2.75, 3.05) is 13.2 Å². The van der Waals surface area contributed by atoms with Gasteiger partial charge in [0.2, 0.25) is 0 Å². The summed E-state index contributed by atoms with van der Waals surface area (Å²) in [5.41, 5.74) is 1.25. The summed E-state index contributed by atoms with van der Waals surface area (Å²) < 4.78 is 11.9. The standard InChI is InChI=1S/C19H26N2O3/c22-18(20-13-16-11-14-5-1-2-6-17(14)24-16)21-15-7-10-23-19(12-15)8-3-4-9-19/h1-2,5-6,15-16H,3-4,7-13H2,(H2,20,21,22)/t15-,16-/m1/s1. The molecule has 1 aromatic carbocycles. The number of hydrogen-bond donors (Lipinski definition) is 2. The fourth-order valence-electron chi connectivity index (χ4n) is 4.33. The molecule has 0 unspecified atom stereocenters. The number of rotatable bonds is 3. The van der Waals surface area contributed by atoms with Crippen molar-refractivity contribution >= 4 is 6.03 Å². The molecular weight excluding hydrogens is 304 g/mol. The van der Waals surface area contributed by atoms with Crippen LogP contribution in [0.2, 0.25) is 0 Å². The SMILES string of the molecule is O=C(NC[C@H]1Cc2ccccc2O1)N[C@@H]1CCOC2(CCCC2)C1. The highest BCUT2D eigenvalue weighted by Gasteiger charge is 2.40. The van der Waals surface area contributed by atoms with Crippen LogP contribution < -0.4 is 15.4 Å². The Hall–Kier alpha value is -1.75. The van der Waals surface area contributed by atoms with Gasteiger partial charge in [0, 0.05) is 19.1 Å². The van der Waals surface area contributed by atoms with E-state index in [4.69, 9.17) is 9.47 Å². The predicted molar refractivity (Wildman–Crippen MR) is 91.3 cm³/mol. The lowest BCUT2D eigenvalue weighted by Gasteiger charge is -2.38. The maximum Gasteiger partial charge on any atom is 0.315 e. The van der Waals surface area contributed by atoms with Crippen LogP contribution in [0, 0.1) is 0 Å². The molecule has 130 valence electrons. The van der Waals surface area contributed by atoms with Crippen LogP contribution in [0.4, 0.5) is 4.79 Å². The highest BCUT2D eigenvalue weighted by atomic mass is 16.5. The number of hydrogen-bond acceptors (Lipinski definition) is 3. The molecule has 2 atom stereocenters. The van der Waals surface area contributed by atoms with Gasteiger partial charge in [0.05, 0.1) is 12.1 Å². The molecule has 5 heteroatoms. The van der Waals surface area contributed by atoms with Crippen LogP contribution in [0.5, 0.6) is 5.75 Å². The zero-order valence-electron chi connectivity index (χ0n) is 14.1. The predicted octanol–water partition coefficient (Wildman–Crippen LogP) is 2.78. The molecule has 2 N–H and O–H groups in total. The van der Waals surface area contributed by atoms with E-state index in [9.17, 15) is 4.79 Å². The Morgan fingerprint density at radius 1 is 1.25 bits per heavy atom. The Kier molecular flexibility index (Phi) is 4.35. The van der Waals surface area contributed by atoms with Crippen LogP contribution >= 0.6 is 0 Å². The third kappa shape index (κ3) is 3.36. The lowest BCUT2D eigenvalue weighted by molar-refractivity contribution is -0.0820. The van der Waals surface area contributed by atoms with E-state index in [2.05, 4.69) is 16.7 Å². The van der Waals surface area contributed by atoms with E-state index in [-0.39, 0.29) is 23.8 Å². The second kappa shape index (κ2) is 6.63. The Balaban J connectivity index is 1.23. The van der Waals surface area contributed by atoms with Crippen LogP contribution in [0.1, 0.15) is 44.1 Å². The molecule has 1 spiro atoms. The fraction of sp³-hybridized carbons (Fsp3) is 0.632. The van der Waals surface area contributed by atoms with E-state index < -0.39 is 0 Å². The van der Waals surface area contributed by atoms with Crippen LogP contribution in [-0.4, -0.2) is 36.9 Å². The number of amides is 2. The molecule has 1 aromatic rings. The second-order valence-corrected chi connectivity index (χ2v) is 7.33. The minimum atomic E-state index is -0.0883.